The van der Waals surface area contributed by atoms with Crippen molar-refractivity contribution in [2.24, 2.45) is 0 Å². The van der Waals surface area contributed by atoms with Gasteiger partial charge in [0.15, 0.2) is 0 Å². The zero-order valence-electron chi connectivity index (χ0n) is 18.4. The van der Waals surface area contributed by atoms with Gasteiger partial charge in [-0.05, 0) is 41.8 Å². The number of fused-ring (bicyclic) bond motifs is 1. The van der Waals surface area contributed by atoms with E-state index in [1.54, 1.807) is 0 Å². The van der Waals surface area contributed by atoms with Crippen LogP contribution in [-0.2, 0) is 11.3 Å². The second-order valence-electron chi connectivity index (χ2n) is 8.08. The van der Waals surface area contributed by atoms with Crippen LogP contribution in [0.15, 0.2) is 109 Å². The number of ether oxygens (including phenoxy) is 1. The second-order valence-corrected chi connectivity index (χ2v) is 8.08. The lowest BCUT2D eigenvalue weighted by molar-refractivity contribution is 0.0475. The molecule has 0 saturated carbocycles. The van der Waals surface area contributed by atoms with Crippen LogP contribution < -0.4 is 0 Å². The molecule has 0 saturated heterocycles. The Morgan fingerprint density at radius 1 is 0.727 bits per heavy atom. The summed E-state index contributed by atoms with van der Waals surface area (Å²) in [6.45, 7) is 2.22. The van der Waals surface area contributed by atoms with Gasteiger partial charge in [-0.25, -0.2) is 9.78 Å². The number of carbonyl (C=O) groups excluding carboxylic acids is 1. The van der Waals surface area contributed by atoms with E-state index >= 15 is 0 Å². The first-order valence-corrected chi connectivity index (χ1v) is 11.0. The van der Waals surface area contributed by atoms with Crippen molar-refractivity contribution in [2.75, 3.05) is 0 Å². The highest BCUT2D eigenvalue weighted by Crippen LogP contribution is 2.27. The highest BCUT2D eigenvalue weighted by atomic mass is 16.5. The number of carbonyl (C=O) groups is 1. The summed E-state index contributed by atoms with van der Waals surface area (Å²) in [6, 6.07) is 36.0. The molecule has 160 valence electrons. The number of aromatic nitrogens is 1. The second kappa shape index (κ2) is 9.09. The number of hydrogen-bond donors (Lipinski definition) is 0. The molecular formula is C30H23NO2. The summed E-state index contributed by atoms with van der Waals surface area (Å²) < 4.78 is 5.73. The highest BCUT2D eigenvalue weighted by Gasteiger charge is 2.16. The topological polar surface area (TPSA) is 39.2 Å². The Labute approximate surface area is 193 Å². The third kappa shape index (κ3) is 4.53. The van der Waals surface area contributed by atoms with Gasteiger partial charge in [-0.1, -0.05) is 96.6 Å². The molecule has 0 aliphatic rings. The Hall–Kier alpha value is -4.24. The average Bonchev–Trinajstić information content (AvgIpc) is 2.88. The van der Waals surface area contributed by atoms with Gasteiger partial charge in [0.05, 0.1) is 16.8 Å². The van der Waals surface area contributed by atoms with Crippen molar-refractivity contribution in [3.8, 4) is 22.4 Å². The van der Waals surface area contributed by atoms with Crippen molar-refractivity contribution in [1.29, 1.82) is 0 Å². The Morgan fingerprint density at radius 2 is 1.36 bits per heavy atom. The van der Waals surface area contributed by atoms with Gasteiger partial charge in [0.2, 0.25) is 0 Å². The summed E-state index contributed by atoms with van der Waals surface area (Å²) in [4.78, 5) is 17.9. The van der Waals surface area contributed by atoms with Gasteiger partial charge >= 0.3 is 5.97 Å². The van der Waals surface area contributed by atoms with Gasteiger partial charge < -0.3 is 4.74 Å². The molecule has 0 aliphatic heterocycles. The minimum Gasteiger partial charge on any atom is -0.457 e. The first-order chi connectivity index (χ1) is 16.2. The largest absolute Gasteiger partial charge is 0.457 e. The predicted octanol–water partition coefficient (Wildman–Crippen LogP) is 7.23. The van der Waals surface area contributed by atoms with Gasteiger partial charge in [-0.15, -0.1) is 0 Å². The van der Waals surface area contributed by atoms with Gasteiger partial charge in [-0.3, -0.25) is 0 Å². The van der Waals surface area contributed by atoms with E-state index in [0.29, 0.717) is 5.56 Å². The molecule has 5 aromatic rings. The van der Waals surface area contributed by atoms with E-state index in [2.05, 4.69) is 24.3 Å². The lowest BCUT2D eigenvalue weighted by Crippen LogP contribution is -2.07. The summed E-state index contributed by atoms with van der Waals surface area (Å²) >= 11 is 0. The summed E-state index contributed by atoms with van der Waals surface area (Å²) in [7, 11) is 0. The third-order valence-corrected chi connectivity index (χ3v) is 5.68. The van der Waals surface area contributed by atoms with Crippen LogP contribution in [0.5, 0.6) is 0 Å². The van der Waals surface area contributed by atoms with Crippen molar-refractivity contribution in [3.63, 3.8) is 0 Å². The SMILES string of the molecule is Cc1ccc2nc(-c3ccccc3)cc(C(=O)OCc3ccc(-c4ccccc4)cc3)c2c1. The Kier molecular flexibility index (Phi) is 5.69. The molecule has 0 N–H and O–H groups in total. The maximum absolute atomic E-state index is 13.2. The molecule has 0 radical (unpaired) electrons. The fourth-order valence-electron chi connectivity index (χ4n) is 3.92. The molecule has 1 aromatic heterocycles. The van der Waals surface area contributed by atoms with Crippen molar-refractivity contribution < 1.29 is 9.53 Å². The molecule has 0 aliphatic carbocycles. The summed E-state index contributed by atoms with van der Waals surface area (Å²) in [6.07, 6.45) is 0. The van der Waals surface area contributed by atoms with Crippen LogP contribution in [0, 0.1) is 6.92 Å². The van der Waals surface area contributed by atoms with Crippen LogP contribution in [0.4, 0.5) is 0 Å². The molecule has 3 nitrogen and oxygen atoms in total. The maximum Gasteiger partial charge on any atom is 0.339 e. The fraction of sp³-hybridized carbons (Fsp3) is 0.0667. The number of hydrogen-bond acceptors (Lipinski definition) is 3. The van der Waals surface area contributed by atoms with Gasteiger partial charge in [0.25, 0.3) is 0 Å². The lowest BCUT2D eigenvalue weighted by atomic mass is 10.0. The van der Waals surface area contributed by atoms with Gasteiger partial charge in [0, 0.05) is 10.9 Å². The van der Waals surface area contributed by atoms with Gasteiger partial charge in [0.1, 0.15) is 6.61 Å². The molecule has 0 atom stereocenters. The molecule has 0 bridgehead atoms. The molecule has 0 spiro atoms. The molecule has 4 aromatic carbocycles. The van der Waals surface area contributed by atoms with Crippen LogP contribution in [-0.4, -0.2) is 11.0 Å². The number of aryl methyl sites for hydroxylation is 1. The zero-order chi connectivity index (χ0) is 22.6. The van der Waals surface area contributed by atoms with E-state index < -0.39 is 0 Å². The first kappa shape index (κ1) is 20.7. The lowest BCUT2D eigenvalue weighted by Gasteiger charge is -2.11. The first-order valence-electron chi connectivity index (χ1n) is 11.0. The monoisotopic (exact) mass is 429 g/mol. The standard InChI is InChI=1S/C30H23NO2/c1-21-12-17-28-26(18-21)27(19-29(31-28)25-10-6-3-7-11-25)30(32)33-20-22-13-15-24(16-14-22)23-8-4-2-5-9-23/h2-19H,20H2,1H3. The molecule has 0 fully saturated rings. The van der Waals surface area contributed by atoms with Crippen LogP contribution >= 0.6 is 0 Å². The van der Waals surface area contributed by atoms with Crippen molar-refractivity contribution >= 4 is 16.9 Å². The van der Waals surface area contributed by atoms with Crippen LogP contribution in [0.1, 0.15) is 21.5 Å². The molecule has 5 rings (SSSR count). The van der Waals surface area contributed by atoms with E-state index in [0.717, 1.165) is 44.4 Å². The number of rotatable bonds is 5. The van der Waals surface area contributed by atoms with Crippen molar-refractivity contribution in [3.05, 3.63) is 126 Å². The highest BCUT2D eigenvalue weighted by molar-refractivity contribution is 6.04. The average molecular weight is 430 g/mol. The normalized spacial score (nSPS) is 10.8. The Bertz CT molecular complexity index is 1410. The fourth-order valence-corrected chi connectivity index (χ4v) is 3.92. The van der Waals surface area contributed by atoms with E-state index in [1.807, 2.05) is 91.9 Å². The maximum atomic E-state index is 13.2. The number of pyridine rings is 1. The number of nitrogens with zero attached hydrogens (tertiary/aromatic N) is 1. The molecule has 0 amide bonds. The van der Waals surface area contributed by atoms with Gasteiger partial charge in [-0.2, -0.15) is 0 Å². The van der Waals surface area contributed by atoms with E-state index in [-0.39, 0.29) is 12.6 Å². The van der Waals surface area contributed by atoms with E-state index in [9.17, 15) is 4.79 Å². The Balaban J connectivity index is 1.41. The summed E-state index contributed by atoms with van der Waals surface area (Å²) in [5, 5.41) is 0.805. The smallest absolute Gasteiger partial charge is 0.339 e. The minimum atomic E-state index is -0.350. The molecule has 0 unspecified atom stereocenters. The van der Waals surface area contributed by atoms with E-state index in [4.69, 9.17) is 9.72 Å². The number of esters is 1. The molecule has 33 heavy (non-hydrogen) atoms. The van der Waals surface area contributed by atoms with Crippen LogP contribution in [0.3, 0.4) is 0 Å². The summed E-state index contributed by atoms with van der Waals surface area (Å²) in [5.41, 5.74) is 7.34. The number of benzene rings is 4. The minimum absolute atomic E-state index is 0.213. The van der Waals surface area contributed by atoms with E-state index in [1.165, 1.54) is 0 Å². The predicted molar refractivity (Wildman–Crippen MR) is 133 cm³/mol. The molecular weight excluding hydrogens is 406 g/mol. The molecule has 3 heteroatoms. The zero-order valence-corrected chi connectivity index (χ0v) is 18.4. The third-order valence-electron chi connectivity index (χ3n) is 5.68. The van der Waals surface area contributed by atoms with Crippen molar-refractivity contribution in [1.82, 2.24) is 4.98 Å². The molecule has 1 heterocycles. The van der Waals surface area contributed by atoms with Crippen LogP contribution in [0.25, 0.3) is 33.3 Å². The van der Waals surface area contributed by atoms with Crippen molar-refractivity contribution in [2.45, 2.75) is 13.5 Å². The quantitative estimate of drug-likeness (QED) is 0.277. The van der Waals surface area contributed by atoms with Crippen LogP contribution in [0.2, 0.25) is 0 Å². The Morgan fingerprint density at radius 3 is 2.06 bits per heavy atom. The summed E-state index contributed by atoms with van der Waals surface area (Å²) in [5.74, 6) is -0.350.